The second kappa shape index (κ2) is 11.7. The van der Waals surface area contributed by atoms with Crippen LogP contribution in [0.3, 0.4) is 0 Å². The van der Waals surface area contributed by atoms with Gasteiger partial charge in [-0.15, -0.1) is 0 Å². The molecule has 0 bridgehead atoms. The van der Waals surface area contributed by atoms with Crippen molar-refractivity contribution in [2.24, 2.45) is 0 Å². The number of amides is 3. The lowest BCUT2D eigenvalue weighted by Gasteiger charge is -2.34. The van der Waals surface area contributed by atoms with Gasteiger partial charge in [-0.25, -0.2) is 9.78 Å². The molecule has 2 aromatic carbocycles. The van der Waals surface area contributed by atoms with Gasteiger partial charge in [-0.1, -0.05) is 42.5 Å². The summed E-state index contributed by atoms with van der Waals surface area (Å²) in [5.74, 6) is -0.0169. The Balaban J connectivity index is 1.48. The second-order valence-electron chi connectivity index (χ2n) is 11.0. The highest BCUT2D eigenvalue weighted by molar-refractivity contribution is 5.93. The van der Waals surface area contributed by atoms with Crippen LogP contribution in [0.4, 0.5) is 10.6 Å². The molecule has 1 fully saturated rings. The van der Waals surface area contributed by atoms with Gasteiger partial charge in [-0.2, -0.15) is 0 Å². The summed E-state index contributed by atoms with van der Waals surface area (Å²) >= 11 is 0. The Morgan fingerprint density at radius 2 is 1.87 bits per heavy atom. The van der Waals surface area contributed by atoms with Gasteiger partial charge in [-0.3, -0.25) is 14.5 Å². The Morgan fingerprint density at radius 1 is 1.13 bits per heavy atom. The molecule has 2 heterocycles. The molecule has 3 amide bonds. The van der Waals surface area contributed by atoms with E-state index in [4.69, 9.17) is 10.5 Å². The summed E-state index contributed by atoms with van der Waals surface area (Å²) in [6.07, 6.45) is 2.66. The number of nitrogens with two attached hydrogens (primary N) is 1. The van der Waals surface area contributed by atoms with Crippen LogP contribution >= 0.6 is 0 Å². The van der Waals surface area contributed by atoms with Gasteiger partial charge in [0.2, 0.25) is 11.8 Å². The molecular formula is C30H37N5O4. The van der Waals surface area contributed by atoms with Gasteiger partial charge in [0.1, 0.15) is 23.5 Å². The lowest BCUT2D eigenvalue weighted by atomic mass is 10.0. The first-order chi connectivity index (χ1) is 18.5. The van der Waals surface area contributed by atoms with Gasteiger partial charge in [0.25, 0.3) is 0 Å². The summed E-state index contributed by atoms with van der Waals surface area (Å²) in [5, 5.41) is 4.80. The molecule has 2 atom stereocenters. The van der Waals surface area contributed by atoms with Crippen LogP contribution in [0.1, 0.15) is 44.7 Å². The number of nitrogens with one attached hydrogen (secondary N) is 1. The number of carbonyl (C=O) groups is 3. The quantitative estimate of drug-likeness (QED) is 0.477. The molecule has 1 aliphatic rings. The third kappa shape index (κ3) is 6.85. The first-order valence-electron chi connectivity index (χ1n) is 13.2. The topological polar surface area (TPSA) is 118 Å². The van der Waals surface area contributed by atoms with E-state index in [1.807, 2.05) is 54.6 Å². The Hall–Kier alpha value is -4.14. The molecule has 3 N–H and O–H groups in total. The van der Waals surface area contributed by atoms with Crippen LogP contribution in [0.15, 0.2) is 60.8 Å². The van der Waals surface area contributed by atoms with Gasteiger partial charge in [-0.05, 0) is 62.3 Å². The zero-order chi connectivity index (χ0) is 28.2. The van der Waals surface area contributed by atoms with E-state index in [9.17, 15) is 14.4 Å². The summed E-state index contributed by atoms with van der Waals surface area (Å²) in [7, 11) is 1.58. The largest absolute Gasteiger partial charge is 0.444 e. The average molecular weight is 532 g/mol. The molecule has 39 heavy (non-hydrogen) atoms. The molecule has 9 nitrogen and oxygen atoms in total. The number of likely N-dealkylation sites (tertiary alicyclic amines) is 1. The average Bonchev–Trinajstić information content (AvgIpc) is 3.39. The number of aromatic nitrogens is 1. The SMILES string of the molecule is CN(C(=O)OC(C)(C)C)[C@H](Cc1ccccc1)C(=O)N1CCC[C@H]1C(=O)NCc1ccc2c(N)nccc2c1. The van der Waals surface area contributed by atoms with E-state index in [1.165, 1.54) is 4.90 Å². The highest BCUT2D eigenvalue weighted by Crippen LogP contribution is 2.23. The van der Waals surface area contributed by atoms with Gasteiger partial charge in [0, 0.05) is 38.1 Å². The lowest BCUT2D eigenvalue weighted by Crippen LogP contribution is -2.55. The number of rotatable bonds is 7. The fraction of sp³-hybridized carbons (Fsp3) is 0.400. The zero-order valence-electron chi connectivity index (χ0n) is 23.0. The molecule has 0 aliphatic carbocycles. The third-order valence-corrected chi connectivity index (χ3v) is 6.87. The van der Waals surface area contributed by atoms with E-state index in [0.717, 1.165) is 21.9 Å². The first kappa shape index (κ1) is 27.9. The van der Waals surface area contributed by atoms with Crippen molar-refractivity contribution in [1.29, 1.82) is 0 Å². The van der Waals surface area contributed by atoms with Crippen molar-refractivity contribution in [3.63, 3.8) is 0 Å². The minimum absolute atomic E-state index is 0.214. The number of hydrogen-bond donors (Lipinski definition) is 2. The molecule has 4 rings (SSSR count). The van der Waals surface area contributed by atoms with Crippen LogP contribution in [0.5, 0.6) is 0 Å². The molecule has 0 spiro atoms. The molecule has 206 valence electrons. The zero-order valence-corrected chi connectivity index (χ0v) is 23.0. The number of nitrogens with zero attached hydrogens (tertiary/aromatic N) is 3. The number of pyridine rings is 1. The minimum atomic E-state index is -0.810. The van der Waals surface area contributed by atoms with Crippen LogP contribution < -0.4 is 11.1 Å². The van der Waals surface area contributed by atoms with Crippen molar-refractivity contribution in [2.45, 2.75) is 64.3 Å². The van der Waals surface area contributed by atoms with E-state index in [1.54, 1.807) is 38.9 Å². The normalized spacial score (nSPS) is 16.1. The van der Waals surface area contributed by atoms with Crippen LogP contribution in [0.2, 0.25) is 0 Å². The van der Waals surface area contributed by atoms with E-state index in [-0.39, 0.29) is 11.8 Å². The number of carbonyl (C=O) groups excluding carboxylic acids is 3. The predicted molar refractivity (Wildman–Crippen MR) is 151 cm³/mol. The van der Waals surface area contributed by atoms with Crippen LogP contribution in [0, 0.1) is 0 Å². The molecule has 3 aromatic rings. The lowest BCUT2D eigenvalue weighted by molar-refractivity contribution is -0.142. The predicted octanol–water partition coefficient (Wildman–Crippen LogP) is 3.90. The highest BCUT2D eigenvalue weighted by Gasteiger charge is 2.40. The van der Waals surface area contributed by atoms with Crippen molar-refractivity contribution >= 4 is 34.5 Å². The molecular weight excluding hydrogens is 494 g/mol. The maximum absolute atomic E-state index is 13.9. The summed E-state index contributed by atoms with van der Waals surface area (Å²) in [6.45, 7) is 6.13. The number of nitrogen functional groups attached to an aromatic ring is 1. The Bertz CT molecular complexity index is 1340. The van der Waals surface area contributed by atoms with Gasteiger partial charge in [0.15, 0.2) is 0 Å². The van der Waals surface area contributed by atoms with E-state index < -0.39 is 23.8 Å². The molecule has 0 radical (unpaired) electrons. The van der Waals surface area contributed by atoms with Crippen molar-refractivity contribution in [1.82, 2.24) is 20.1 Å². The van der Waals surface area contributed by atoms with Crippen LogP contribution in [-0.2, 0) is 27.3 Å². The van der Waals surface area contributed by atoms with E-state index in [0.29, 0.717) is 38.2 Å². The monoisotopic (exact) mass is 531 g/mol. The molecule has 1 aliphatic heterocycles. The maximum atomic E-state index is 13.9. The summed E-state index contributed by atoms with van der Waals surface area (Å²) in [5.41, 5.74) is 7.08. The summed E-state index contributed by atoms with van der Waals surface area (Å²) in [4.78, 5) is 47.2. The molecule has 1 saturated heterocycles. The number of likely N-dealkylation sites (N-methyl/N-ethyl adjacent to an activating group) is 1. The molecule has 0 unspecified atom stereocenters. The van der Waals surface area contributed by atoms with E-state index >= 15 is 0 Å². The Morgan fingerprint density at radius 3 is 2.59 bits per heavy atom. The van der Waals surface area contributed by atoms with Crippen molar-refractivity contribution < 1.29 is 19.1 Å². The fourth-order valence-corrected chi connectivity index (χ4v) is 4.85. The maximum Gasteiger partial charge on any atom is 0.410 e. The first-order valence-corrected chi connectivity index (χ1v) is 13.2. The Labute approximate surface area is 229 Å². The highest BCUT2D eigenvalue weighted by atomic mass is 16.6. The standard InChI is InChI=1S/C30H37N5O4/c1-30(2,3)39-29(38)34(4)25(18-20-9-6-5-7-10-20)28(37)35-16-8-11-24(35)27(36)33-19-21-12-13-23-22(17-21)14-15-32-26(23)31/h5-7,9-10,12-15,17,24-25H,8,11,16,18-19H2,1-4H3,(H2,31,32)(H,33,36)/t24-,25+/m0/s1. The third-order valence-electron chi connectivity index (χ3n) is 6.87. The Kier molecular flexibility index (Phi) is 8.38. The number of hydrogen-bond acceptors (Lipinski definition) is 6. The summed E-state index contributed by atoms with van der Waals surface area (Å²) in [6, 6.07) is 15.8. The summed E-state index contributed by atoms with van der Waals surface area (Å²) < 4.78 is 5.56. The molecule has 9 heteroatoms. The number of anilines is 1. The molecule has 0 saturated carbocycles. The van der Waals surface area contributed by atoms with Crippen molar-refractivity contribution in [2.75, 3.05) is 19.3 Å². The van der Waals surface area contributed by atoms with Crippen LogP contribution in [-0.4, -0.2) is 64.0 Å². The minimum Gasteiger partial charge on any atom is -0.444 e. The number of ether oxygens (including phenoxy) is 1. The number of fused-ring (bicyclic) bond motifs is 1. The number of benzene rings is 2. The van der Waals surface area contributed by atoms with Crippen molar-refractivity contribution in [3.8, 4) is 0 Å². The smallest absolute Gasteiger partial charge is 0.410 e. The second-order valence-corrected chi connectivity index (χ2v) is 11.0. The molecule has 1 aromatic heterocycles. The van der Waals surface area contributed by atoms with E-state index in [2.05, 4.69) is 10.3 Å². The van der Waals surface area contributed by atoms with Gasteiger partial charge >= 0.3 is 6.09 Å². The van der Waals surface area contributed by atoms with Gasteiger partial charge in [0.05, 0.1) is 0 Å². The van der Waals surface area contributed by atoms with Crippen LogP contribution in [0.25, 0.3) is 10.8 Å². The van der Waals surface area contributed by atoms with Crippen molar-refractivity contribution in [3.05, 3.63) is 71.9 Å². The van der Waals surface area contributed by atoms with Gasteiger partial charge < -0.3 is 20.7 Å². The fourth-order valence-electron chi connectivity index (χ4n) is 4.85.